The zero-order valence-electron chi connectivity index (χ0n) is 13.1. The first-order valence-corrected chi connectivity index (χ1v) is 8.75. The molecule has 0 aromatic carbocycles. The topological polar surface area (TPSA) is 35.6 Å². The van der Waals surface area contributed by atoms with Gasteiger partial charge >= 0.3 is 0 Å². The predicted molar refractivity (Wildman–Crippen MR) is 86.4 cm³/mol. The minimum Gasteiger partial charge on any atom is -0.318 e. The van der Waals surface area contributed by atoms with E-state index in [9.17, 15) is 4.79 Å². The van der Waals surface area contributed by atoms with Gasteiger partial charge in [-0.1, -0.05) is 6.92 Å². The van der Waals surface area contributed by atoms with E-state index in [0.717, 1.165) is 32.4 Å². The first kappa shape index (κ1) is 15.0. The quantitative estimate of drug-likeness (QED) is 0.931. The van der Waals surface area contributed by atoms with E-state index in [4.69, 9.17) is 0 Å². The third-order valence-electron chi connectivity index (χ3n) is 4.71. The highest BCUT2D eigenvalue weighted by molar-refractivity contribution is 7.12. The summed E-state index contributed by atoms with van der Waals surface area (Å²) in [4.78, 5) is 19.8. The summed E-state index contributed by atoms with van der Waals surface area (Å²) >= 11 is 1.80. The van der Waals surface area contributed by atoms with Crippen molar-refractivity contribution in [3.8, 4) is 0 Å². The fraction of sp³-hybridized carbons (Fsp3) is 0.688. The molecule has 1 amide bonds. The van der Waals surface area contributed by atoms with Crippen LogP contribution in [0.5, 0.6) is 0 Å². The molecule has 0 bridgehead atoms. The maximum atomic E-state index is 12.8. The maximum absolute atomic E-state index is 12.8. The molecule has 0 spiro atoms. The van der Waals surface area contributed by atoms with Gasteiger partial charge in [0.05, 0.1) is 6.04 Å². The van der Waals surface area contributed by atoms with Crippen molar-refractivity contribution in [3.05, 3.63) is 21.9 Å². The van der Waals surface area contributed by atoms with Crippen LogP contribution in [0.3, 0.4) is 0 Å². The average molecular weight is 307 g/mol. The number of likely N-dealkylation sites (tertiary alicyclic amines) is 1. The minimum absolute atomic E-state index is 0.0166. The third kappa shape index (κ3) is 2.87. The summed E-state index contributed by atoms with van der Waals surface area (Å²) in [6.45, 7) is 6.38. The zero-order valence-corrected chi connectivity index (χ0v) is 13.9. The van der Waals surface area contributed by atoms with Crippen LogP contribution in [0.15, 0.2) is 12.1 Å². The SMILES string of the molecule is CCC1NC(c2ccc(C)s2)N(C2CCN(C)CC2)C1=O. The van der Waals surface area contributed by atoms with E-state index in [2.05, 4.69) is 48.1 Å². The lowest BCUT2D eigenvalue weighted by Crippen LogP contribution is -2.46. The monoisotopic (exact) mass is 307 g/mol. The molecule has 2 unspecified atom stereocenters. The highest BCUT2D eigenvalue weighted by Crippen LogP contribution is 2.35. The molecular formula is C16H25N3OS. The second kappa shape index (κ2) is 6.07. The van der Waals surface area contributed by atoms with Crippen LogP contribution < -0.4 is 5.32 Å². The van der Waals surface area contributed by atoms with Gasteiger partial charge in [0.1, 0.15) is 6.17 Å². The Kier molecular flexibility index (Phi) is 4.33. The Bertz CT molecular complexity index is 507. The minimum atomic E-state index is -0.0166. The second-order valence-corrected chi connectivity index (χ2v) is 7.58. The first-order chi connectivity index (χ1) is 10.1. The van der Waals surface area contributed by atoms with Gasteiger partial charge in [0.2, 0.25) is 5.91 Å². The van der Waals surface area contributed by atoms with Crippen LogP contribution in [0.2, 0.25) is 0 Å². The fourth-order valence-corrected chi connectivity index (χ4v) is 4.36. The molecule has 2 aliphatic heterocycles. The molecule has 4 nitrogen and oxygen atoms in total. The van der Waals surface area contributed by atoms with Crippen LogP contribution in [0, 0.1) is 6.92 Å². The molecule has 3 rings (SSSR count). The van der Waals surface area contributed by atoms with Crippen LogP contribution in [0.4, 0.5) is 0 Å². The molecule has 2 saturated heterocycles. The zero-order chi connectivity index (χ0) is 15.0. The number of aryl methyl sites for hydroxylation is 1. The number of carbonyl (C=O) groups is 1. The molecule has 2 aliphatic rings. The summed E-state index contributed by atoms with van der Waals surface area (Å²) in [5.74, 6) is 0.295. The van der Waals surface area contributed by atoms with Gasteiger partial charge in [0.15, 0.2) is 0 Å². The Morgan fingerprint density at radius 2 is 2.05 bits per heavy atom. The lowest BCUT2D eigenvalue weighted by molar-refractivity contribution is -0.133. The van der Waals surface area contributed by atoms with E-state index < -0.39 is 0 Å². The molecule has 21 heavy (non-hydrogen) atoms. The Morgan fingerprint density at radius 1 is 1.33 bits per heavy atom. The molecule has 1 aromatic heterocycles. The van der Waals surface area contributed by atoms with Crippen molar-refractivity contribution in [2.24, 2.45) is 0 Å². The van der Waals surface area contributed by atoms with E-state index in [1.807, 2.05) is 0 Å². The van der Waals surface area contributed by atoms with Crippen molar-refractivity contribution in [3.63, 3.8) is 0 Å². The van der Waals surface area contributed by atoms with E-state index in [-0.39, 0.29) is 12.2 Å². The van der Waals surface area contributed by atoms with E-state index in [0.29, 0.717) is 11.9 Å². The molecule has 1 N–H and O–H groups in total. The number of piperidine rings is 1. The van der Waals surface area contributed by atoms with Crippen molar-refractivity contribution >= 4 is 17.2 Å². The van der Waals surface area contributed by atoms with Crippen LogP contribution >= 0.6 is 11.3 Å². The van der Waals surface area contributed by atoms with Crippen LogP contribution in [-0.4, -0.2) is 47.9 Å². The highest BCUT2D eigenvalue weighted by Gasteiger charge is 2.43. The van der Waals surface area contributed by atoms with Crippen LogP contribution in [0.1, 0.15) is 42.1 Å². The molecule has 0 saturated carbocycles. The molecule has 2 atom stereocenters. The summed E-state index contributed by atoms with van der Waals surface area (Å²) < 4.78 is 0. The Hall–Kier alpha value is -0.910. The van der Waals surface area contributed by atoms with E-state index in [1.54, 1.807) is 11.3 Å². The summed E-state index contributed by atoms with van der Waals surface area (Å²) in [5.41, 5.74) is 0. The fourth-order valence-electron chi connectivity index (χ4n) is 3.43. The van der Waals surface area contributed by atoms with Gasteiger partial charge in [-0.15, -0.1) is 11.3 Å². The van der Waals surface area contributed by atoms with Crippen molar-refractivity contribution in [2.45, 2.75) is 51.4 Å². The average Bonchev–Trinajstić information content (AvgIpc) is 3.03. The van der Waals surface area contributed by atoms with Crippen LogP contribution in [-0.2, 0) is 4.79 Å². The third-order valence-corrected chi connectivity index (χ3v) is 5.76. The lowest BCUT2D eigenvalue weighted by Gasteiger charge is -2.37. The predicted octanol–water partition coefficient (Wildman–Crippen LogP) is 2.36. The largest absolute Gasteiger partial charge is 0.318 e. The number of thiophene rings is 1. The molecule has 3 heterocycles. The maximum Gasteiger partial charge on any atom is 0.241 e. The number of rotatable bonds is 3. The first-order valence-electron chi connectivity index (χ1n) is 7.93. The lowest BCUT2D eigenvalue weighted by atomic mass is 10.0. The molecule has 5 heteroatoms. The van der Waals surface area contributed by atoms with Gasteiger partial charge < -0.3 is 9.80 Å². The number of amides is 1. The summed E-state index contributed by atoms with van der Waals surface area (Å²) in [6.07, 6.45) is 3.11. The molecule has 116 valence electrons. The normalized spacial score (nSPS) is 28.5. The van der Waals surface area contributed by atoms with Crippen molar-refractivity contribution in [1.29, 1.82) is 0 Å². The van der Waals surface area contributed by atoms with Gasteiger partial charge in [0.25, 0.3) is 0 Å². The van der Waals surface area contributed by atoms with Crippen molar-refractivity contribution in [2.75, 3.05) is 20.1 Å². The highest BCUT2D eigenvalue weighted by atomic mass is 32.1. The molecule has 0 radical (unpaired) electrons. The number of carbonyl (C=O) groups excluding carboxylic acids is 1. The van der Waals surface area contributed by atoms with Gasteiger partial charge in [0, 0.05) is 15.8 Å². The Balaban J connectivity index is 1.84. The Morgan fingerprint density at radius 3 is 2.62 bits per heavy atom. The molecule has 1 aromatic rings. The standard InChI is InChI=1S/C16H25N3OS/c1-4-13-16(20)19(12-7-9-18(3)10-8-12)15(17-13)14-6-5-11(2)21-14/h5-6,12-13,15,17H,4,7-10H2,1-3H3. The molecular weight excluding hydrogens is 282 g/mol. The van der Waals surface area contributed by atoms with Gasteiger partial charge in [-0.25, -0.2) is 0 Å². The van der Waals surface area contributed by atoms with E-state index in [1.165, 1.54) is 9.75 Å². The Labute approximate surface area is 131 Å². The van der Waals surface area contributed by atoms with Crippen molar-refractivity contribution < 1.29 is 4.79 Å². The number of hydrogen-bond donors (Lipinski definition) is 1. The number of hydrogen-bond acceptors (Lipinski definition) is 4. The smallest absolute Gasteiger partial charge is 0.241 e. The van der Waals surface area contributed by atoms with Gasteiger partial charge in [-0.3, -0.25) is 10.1 Å². The number of nitrogens with one attached hydrogen (secondary N) is 1. The summed E-state index contributed by atoms with van der Waals surface area (Å²) in [6, 6.07) is 4.69. The number of nitrogens with zero attached hydrogens (tertiary/aromatic N) is 2. The van der Waals surface area contributed by atoms with Crippen LogP contribution in [0.25, 0.3) is 0 Å². The second-order valence-electron chi connectivity index (χ2n) is 6.26. The molecule has 2 fully saturated rings. The van der Waals surface area contributed by atoms with Crippen molar-refractivity contribution in [1.82, 2.24) is 15.1 Å². The summed E-state index contributed by atoms with van der Waals surface area (Å²) in [5, 5.41) is 3.55. The summed E-state index contributed by atoms with van der Waals surface area (Å²) in [7, 11) is 2.16. The van der Waals surface area contributed by atoms with E-state index >= 15 is 0 Å². The van der Waals surface area contributed by atoms with Gasteiger partial charge in [-0.05, 0) is 58.5 Å². The molecule has 0 aliphatic carbocycles. The van der Waals surface area contributed by atoms with Gasteiger partial charge in [-0.2, -0.15) is 0 Å².